The number of hydrogen-bond acceptors (Lipinski definition) is 4. The van der Waals surface area contributed by atoms with Crippen molar-refractivity contribution in [3.05, 3.63) is 47.5 Å². The fraction of sp³-hybridized carbons (Fsp3) is 0. The molecule has 1 aromatic heterocycles. The first kappa shape index (κ1) is 13.6. The first-order chi connectivity index (χ1) is 8.87. The highest BCUT2D eigenvalue weighted by atomic mass is 35.5. The number of aromatic nitrogens is 1. The second-order valence-electron chi connectivity index (χ2n) is 3.69. The van der Waals surface area contributed by atoms with Gasteiger partial charge >= 0.3 is 0 Å². The van der Waals surface area contributed by atoms with E-state index in [1.807, 2.05) is 0 Å². The van der Waals surface area contributed by atoms with Crippen LogP contribution < -0.4 is 10.5 Å². The number of hydrogen-bond donors (Lipinski definition) is 2. The van der Waals surface area contributed by atoms with Gasteiger partial charge in [-0.05, 0) is 30.3 Å². The van der Waals surface area contributed by atoms with E-state index in [-0.39, 0.29) is 21.4 Å². The minimum atomic E-state index is -3.93. The van der Waals surface area contributed by atoms with Gasteiger partial charge in [-0.2, -0.15) is 0 Å². The lowest BCUT2D eigenvalue weighted by Crippen LogP contribution is -2.13. The van der Waals surface area contributed by atoms with Crippen molar-refractivity contribution < 1.29 is 12.8 Å². The summed E-state index contributed by atoms with van der Waals surface area (Å²) in [6.07, 6.45) is 1.35. The first-order valence-electron chi connectivity index (χ1n) is 5.07. The second-order valence-corrected chi connectivity index (χ2v) is 5.76. The summed E-state index contributed by atoms with van der Waals surface area (Å²) < 4.78 is 39.5. The number of halogens is 2. The molecular weight excluding hydrogens is 293 g/mol. The third-order valence-electron chi connectivity index (χ3n) is 2.18. The van der Waals surface area contributed by atoms with Crippen LogP contribution in [-0.2, 0) is 10.0 Å². The van der Waals surface area contributed by atoms with Crippen LogP contribution in [0.5, 0.6) is 0 Å². The van der Waals surface area contributed by atoms with Crippen LogP contribution >= 0.6 is 11.6 Å². The molecular formula is C11H9ClFN3O2S. The molecule has 1 heterocycles. The Morgan fingerprint density at radius 2 is 2.00 bits per heavy atom. The third kappa shape index (κ3) is 3.33. The number of nitrogens with zero attached hydrogens (tertiary/aromatic N) is 1. The van der Waals surface area contributed by atoms with Gasteiger partial charge in [0.2, 0.25) is 0 Å². The Balaban J connectivity index is 2.37. The van der Waals surface area contributed by atoms with Crippen molar-refractivity contribution in [2.24, 2.45) is 0 Å². The van der Waals surface area contributed by atoms with Crippen LogP contribution in [0, 0.1) is 5.82 Å². The standard InChI is InChI=1S/C11H9ClFN3O2S/c12-11-6-9(1-2-15-11)16-19(17,18)10-4-7(13)3-8(14)5-10/h1-6H,14H2,(H,15,16). The van der Waals surface area contributed by atoms with Gasteiger partial charge in [0.25, 0.3) is 10.0 Å². The zero-order chi connectivity index (χ0) is 14.0. The molecule has 0 amide bonds. The van der Waals surface area contributed by atoms with Crippen LogP contribution in [0.25, 0.3) is 0 Å². The summed E-state index contributed by atoms with van der Waals surface area (Å²) in [5.74, 6) is -0.729. The molecule has 0 spiro atoms. The molecule has 2 aromatic rings. The first-order valence-corrected chi connectivity index (χ1v) is 6.93. The predicted molar refractivity (Wildman–Crippen MR) is 70.9 cm³/mol. The fourth-order valence-electron chi connectivity index (χ4n) is 1.42. The molecule has 19 heavy (non-hydrogen) atoms. The Labute approximate surface area is 114 Å². The zero-order valence-electron chi connectivity index (χ0n) is 9.47. The number of nitrogens with one attached hydrogen (secondary N) is 1. The van der Waals surface area contributed by atoms with Crippen molar-refractivity contribution >= 4 is 33.0 Å². The van der Waals surface area contributed by atoms with Crippen molar-refractivity contribution in [1.29, 1.82) is 0 Å². The lowest BCUT2D eigenvalue weighted by molar-refractivity contribution is 0.595. The Morgan fingerprint density at radius 1 is 1.26 bits per heavy atom. The van der Waals surface area contributed by atoms with E-state index in [1.54, 1.807) is 0 Å². The third-order valence-corrected chi connectivity index (χ3v) is 3.75. The molecule has 0 saturated heterocycles. The van der Waals surface area contributed by atoms with Crippen LogP contribution in [0.2, 0.25) is 5.15 Å². The quantitative estimate of drug-likeness (QED) is 0.672. The van der Waals surface area contributed by atoms with Crippen LogP contribution in [0.1, 0.15) is 0 Å². The summed E-state index contributed by atoms with van der Waals surface area (Å²) >= 11 is 5.64. The molecule has 8 heteroatoms. The summed E-state index contributed by atoms with van der Waals surface area (Å²) in [4.78, 5) is 3.46. The van der Waals surface area contributed by atoms with Crippen molar-refractivity contribution in [3.8, 4) is 0 Å². The number of nitrogen functional groups attached to an aromatic ring is 1. The summed E-state index contributed by atoms with van der Waals surface area (Å²) in [7, 11) is -3.93. The minimum Gasteiger partial charge on any atom is -0.399 e. The predicted octanol–water partition coefficient (Wildman–Crippen LogP) is 2.26. The molecule has 5 nitrogen and oxygen atoms in total. The highest BCUT2D eigenvalue weighted by Crippen LogP contribution is 2.20. The summed E-state index contributed by atoms with van der Waals surface area (Å²) in [6.45, 7) is 0. The number of sulfonamides is 1. The Kier molecular flexibility index (Phi) is 3.59. The van der Waals surface area contributed by atoms with E-state index in [1.165, 1.54) is 18.3 Å². The van der Waals surface area contributed by atoms with Gasteiger partial charge < -0.3 is 5.73 Å². The highest BCUT2D eigenvalue weighted by molar-refractivity contribution is 7.92. The van der Waals surface area contributed by atoms with E-state index in [2.05, 4.69) is 9.71 Å². The summed E-state index contributed by atoms with van der Waals surface area (Å²) in [5.41, 5.74) is 5.66. The topological polar surface area (TPSA) is 85.1 Å². The molecule has 2 rings (SSSR count). The zero-order valence-corrected chi connectivity index (χ0v) is 11.0. The molecule has 0 saturated carbocycles. The molecule has 0 aliphatic heterocycles. The minimum absolute atomic E-state index is 0.0214. The molecule has 0 fully saturated rings. The van der Waals surface area contributed by atoms with Crippen molar-refractivity contribution in [3.63, 3.8) is 0 Å². The smallest absolute Gasteiger partial charge is 0.262 e. The molecule has 3 N–H and O–H groups in total. The molecule has 100 valence electrons. The van der Waals surface area contributed by atoms with E-state index in [4.69, 9.17) is 17.3 Å². The highest BCUT2D eigenvalue weighted by Gasteiger charge is 2.16. The van der Waals surface area contributed by atoms with Gasteiger partial charge in [-0.15, -0.1) is 0 Å². The van der Waals surface area contributed by atoms with Crippen molar-refractivity contribution in [2.45, 2.75) is 4.90 Å². The van der Waals surface area contributed by atoms with Crippen LogP contribution in [0.3, 0.4) is 0 Å². The van der Waals surface area contributed by atoms with Crippen LogP contribution in [0.4, 0.5) is 15.8 Å². The molecule has 0 aliphatic carbocycles. The lowest BCUT2D eigenvalue weighted by atomic mass is 10.3. The molecule has 1 aromatic carbocycles. The number of nitrogens with two attached hydrogens (primary N) is 1. The molecule has 0 aliphatic rings. The van der Waals surface area contributed by atoms with E-state index in [0.29, 0.717) is 0 Å². The van der Waals surface area contributed by atoms with Gasteiger partial charge in [-0.25, -0.2) is 17.8 Å². The Morgan fingerprint density at radius 3 is 2.63 bits per heavy atom. The van der Waals surface area contributed by atoms with Crippen molar-refractivity contribution in [1.82, 2.24) is 4.98 Å². The Hall–Kier alpha value is -1.86. The normalized spacial score (nSPS) is 11.3. The molecule has 0 radical (unpaired) electrons. The van der Waals surface area contributed by atoms with Crippen molar-refractivity contribution in [2.75, 3.05) is 10.5 Å². The van der Waals surface area contributed by atoms with Gasteiger partial charge in [-0.3, -0.25) is 4.72 Å². The van der Waals surface area contributed by atoms with Gasteiger partial charge in [-0.1, -0.05) is 11.6 Å². The van der Waals surface area contributed by atoms with E-state index < -0.39 is 15.8 Å². The molecule has 0 unspecified atom stereocenters. The Bertz CT molecular complexity index is 701. The van der Waals surface area contributed by atoms with E-state index in [9.17, 15) is 12.8 Å². The van der Waals surface area contributed by atoms with Gasteiger partial charge in [0.05, 0.1) is 10.6 Å². The van der Waals surface area contributed by atoms with E-state index >= 15 is 0 Å². The lowest BCUT2D eigenvalue weighted by Gasteiger charge is -2.08. The molecule has 0 bridgehead atoms. The SMILES string of the molecule is Nc1cc(F)cc(S(=O)(=O)Nc2ccnc(Cl)c2)c1. The second kappa shape index (κ2) is 5.02. The number of anilines is 2. The average Bonchev–Trinajstić information content (AvgIpc) is 2.26. The van der Waals surface area contributed by atoms with E-state index in [0.717, 1.165) is 18.2 Å². The van der Waals surface area contributed by atoms with Gasteiger partial charge in [0.15, 0.2) is 0 Å². The van der Waals surface area contributed by atoms with Gasteiger partial charge in [0, 0.05) is 11.9 Å². The maximum absolute atomic E-state index is 13.2. The van der Waals surface area contributed by atoms with Gasteiger partial charge in [0.1, 0.15) is 11.0 Å². The maximum Gasteiger partial charge on any atom is 0.262 e. The monoisotopic (exact) mass is 301 g/mol. The fourth-order valence-corrected chi connectivity index (χ4v) is 2.71. The van der Waals surface area contributed by atoms with Crippen LogP contribution in [0.15, 0.2) is 41.4 Å². The number of pyridine rings is 1. The summed E-state index contributed by atoms with van der Waals surface area (Å²) in [5, 5.41) is 0.138. The number of rotatable bonds is 3. The van der Waals surface area contributed by atoms with Crippen LogP contribution in [-0.4, -0.2) is 13.4 Å². The maximum atomic E-state index is 13.2. The largest absolute Gasteiger partial charge is 0.399 e. The molecule has 0 atom stereocenters. The average molecular weight is 302 g/mol. The summed E-state index contributed by atoms with van der Waals surface area (Å²) in [6, 6.07) is 5.83. The number of benzene rings is 1.